The van der Waals surface area contributed by atoms with Crippen molar-refractivity contribution in [2.45, 2.75) is 44.5 Å². The summed E-state index contributed by atoms with van der Waals surface area (Å²) in [5, 5.41) is 4.57. The highest BCUT2D eigenvalue weighted by Gasteiger charge is 2.35. The molecule has 38 heavy (non-hydrogen) atoms. The fourth-order valence-electron chi connectivity index (χ4n) is 4.23. The molecule has 0 radical (unpaired) electrons. The lowest BCUT2D eigenvalue weighted by molar-refractivity contribution is -0.115. The number of aromatic nitrogens is 2. The number of halogens is 5. The van der Waals surface area contributed by atoms with Crippen molar-refractivity contribution in [2.75, 3.05) is 37.8 Å². The zero-order valence-corrected chi connectivity index (χ0v) is 22.0. The average Bonchev–Trinajstić information content (AvgIpc) is 3.45. The standard InChI is InChI=1S/C22H25F5N6O3S2/c1-11-4-3-5-33(11)21(35)16-17(37-20(31-16)19(34)30-12-8-32(9-12)38(2)36)14-7-28-15(6-13(14)18(23)24)29-10-22(25,26)27/h6-7,11-12,18H,3-5,8-10H2,1-2H3,(H,28,29)(H,30,34). The second kappa shape index (κ2) is 11.2. The smallest absolute Gasteiger partial charge is 0.361 e. The van der Waals surface area contributed by atoms with Gasteiger partial charge in [-0.05, 0) is 25.8 Å². The number of carbonyl (C=O) groups excluding carboxylic acids is 2. The lowest BCUT2D eigenvalue weighted by Crippen LogP contribution is -2.59. The summed E-state index contributed by atoms with van der Waals surface area (Å²) in [6, 6.07) is 0.381. The third-order valence-electron chi connectivity index (χ3n) is 6.27. The van der Waals surface area contributed by atoms with Crippen LogP contribution in [0.1, 0.15) is 52.0 Å². The maximum Gasteiger partial charge on any atom is 0.405 e. The van der Waals surface area contributed by atoms with Crippen LogP contribution in [-0.4, -0.2) is 85.9 Å². The number of amides is 2. The Hall–Kier alpha value is -2.72. The molecule has 2 aromatic heterocycles. The van der Waals surface area contributed by atoms with Crippen LogP contribution in [0.25, 0.3) is 10.4 Å². The summed E-state index contributed by atoms with van der Waals surface area (Å²) < 4.78 is 79.0. The summed E-state index contributed by atoms with van der Waals surface area (Å²) in [5.74, 6) is -1.56. The zero-order chi connectivity index (χ0) is 27.8. The summed E-state index contributed by atoms with van der Waals surface area (Å²) in [4.78, 5) is 35.9. The van der Waals surface area contributed by atoms with Crippen molar-refractivity contribution in [3.05, 3.63) is 28.5 Å². The van der Waals surface area contributed by atoms with Gasteiger partial charge in [0, 0.05) is 49.3 Å². The van der Waals surface area contributed by atoms with Crippen molar-refractivity contribution in [1.82, 2.24) is 24.5 Å². The number of rotatable bonds is 8. The lowest BCUT2D eigenvalue weighted by Gasteiger charge is -2.36. The van der Waals surface area contributed by atoms with E-state index in [-0.39, 0.29) is 33.2 Å². The second-order valence-corrected chi connectivity index (χ2v) is 11.4. The van der Waals surface area contributed by atoms with E-state index in [1.165, 1.54) is 6.26 Å². The van der Waals surface area contributed by atoms with E-state index in [9.17, 15) is 35.8 Å². The maximum atomic E-state index is 14.1. The van der Waals surface area contributed by atoms with Crippen LogP contribution in [0.4, 0.5) is 27.8 Å². The molecule has 9 nitrogen and oxygen atoms in total. The van der Waals surface area contributed by atoms with Gasteiger partial charge >= 0.3 is 6.18 Å². The molecule has 2 saturated heterocycles. The summed E-state index contributed by atoms with van der Waals surface area (Å²) in [6.07, 6.45) is -3.72. The van der Waals surface area contributed by atoms with Gasteiger partial charge in [0.15, 0.2) is 5.01 Å². The topological polar surface area (TPSA) is 108 Å². The van der Waals surface area contributed by atoms with Crippen molar-refractivity contribution in [3.63, 3.8) is 0 Å². The number of hydrogen-bond acceptors (Lipinski definition) is 7. The van der Waals surface area contributed by atoms with E-state index in [1.807, 2.05) is 12.2 Å². The molecule has 0 aliphatic carbocycles. The first-order chi connectivity index (χ1) is 17.8. The monoisotopic (exact) mass is 580 g/mol. The number of pyridine rings is 1. The van der Waals surface area contributed by atoms with Crippen molar-refractivity contribution in [2.24, 2.45) is 0 Å². The third kappa shape index (κ3) is 6.29. The molecule has 2 unspecified atom stereocenters. The van der Waals surface area contributed by atoms with Gasteiger partial charge in [0.2, 0.25) is 0 Å². The van der Waals surface area contributed by atoms with Gasteiger partial charge in [-0.3, -0.25) is 9.59 Å². The van der Waals surface area contributed by atoms with Crippen LogP contribution in [0.15, 0.2) is 12.3 Å². The molecule has 2 aromatic rings. The first-order valence-corrected chi connectivity index (χ1v) is 14.0. The molecule has 0 saturated carbocycles. The Labute approximate surface area is 221 Å². The minimum absolute atomic E-state index is 0.0191. The highest BCUT2D eigenvalue weighted by Crippen LogP contribution is 2.39. The number of anilines is 1. The predicted octanol–water partition coefficient (Wildman–Crippen LogP) is 3.45. The van der Waals surface area contributed by atoms with Crippen molar-refractivity contribution in [1.29, 1.82) is 0 Å². The largest absolute Gasteiger partial charge is 0.405 e. The number of hydrogen-bond donors (Lipinski definition) is 2. The van der Waals surface area contributed by atoms with Crippen LogP contribution in [-0.2, 0) is 11.0 Å². The van der Waals surface area contributed by atoms with Crippen molar-refractivity contribution in [3.8, 4) is 10.4 Å². The molecule has 0 aromatic carbocycles. The van der Waals surface area contributed by atoms with E-state index in [0.717, 1.165) is 36.4 Å². The van der Waals surface area contributed by atoms with E-state index < -0.39 is 53.3 Å². The van der Waals surface area contributed by atoms with Crippen LogP contribution in [0.3, 0.4) is 0 Å². The summed E-state index contributed by atoms with van der Waals surface area (Å²) >= 11 is 0.730. The molecule has 4 rings (SSSR count). The van der Waals surface area contributed by atoms with E-state index in [1.54, 1.807) is 9.21 Å². The Bertz CT molecular complexity index is 1230. The zero-order valence-electron chi connectivity index (χ0n) is 20.3. The molecule has 2 fully saturated rings. The number of nitrogens with one attached hydrogen (secondary N) is 2. The summed E-state index contributed by atoms with van der Waals surface area (Å²) in [5.41, 5.74) is -1.04. The van der Waals surface area contributed by atoms with E-state index in [4.69, 9.17) is 0 Å². The molecular formula is C22H25F5N6O3S2. The Kier molecular flexibility index (Phi) is 8.32. The summed E-state index contributed by atoms with van der Waals surface area (Å²) in [7, 11) is -1.18. The van der Waals surface area contributed by atoms with Crippen LogP contribution in [0.2, 0.25) is 0 Å². The van der Waals surface area contributed by atoms with Crippen molar-refractivity contribution >= 4 is 40.0 Å². The van der Waals surface area contributed by atoms with E-state index >= 15 is 0 Å². The van der Waals surface area contributed by atoms with Crippen LogP contribution in [0.5, 0.6) is 0 Å². The van der Waals surface area contributed by atoms with Gasteiger partial charge in [0.25, 0.3) is 18.2 Å². The molecule has 0 spiro atoms. The SMILES string of the molecule is CC1CCCN1C(=O)c1nc(C(=O)NC2CN(S(C)=O)C2)sc1-c1cnc(NCC(F)(F)F)cc1C(F)F. The second-order valence-electron chi connectivity index (χ2n) is 9.05. The Morgan fingerprint density at radius 2 is 2.00 bits per heavy atom. The number of carbonyl (C=O) groups is 2. The molecule has 2 aliphatic rings. The van der Waals surface area contributed by atoms with Gasteiger partial charge in [-0.2, -0.15) is 13.2 Å². The highest BCUT2D eigenvalue weighted by atomic mass is 32.2. The Balaban J connectivity index is 1.68. The number of nitrogens with zero attached hydrogens (tertiary/aromatic N) is 4. The van der Waals surface area contributed by atoms with Gasteiger partial charge in [-0.15, -0.1) is 11.3 Å². The highest BCUT2D eigenvalue weighted by molar-refractivity contribution is 7.81. The van der Waals surface area contributed by atoms with Gasteiger partial charge in [-0.25, -0.2) is 27.3 Å². The molecule has 16 heteroatoms. The minimum Gasteiger partial charge on any atom is -0.361 e. The van der Waals surface area contributed by atoms with Crippen molar-refractivity contribution < 1.29 is 35.8 Å². The Morgan fingerprint density at radius 1 is 1.29 bits per heavy atom. The lowest BCUT2D eigenvalue weighted by atomic mass is 10.1. The number of likely N-dealkylation sites (tertiary alicyclic amines) is 1. The van der Waals surface area contributed by atoms with Gasteiger partial charge < -0.3 is 15.5 Å². The molecule has 0 bridgehead atoms. The molecule has 2 N–H and O–H groups in total. The first kappa shape index (κ1) is 28.3. The summed E-state index contributed by atoms with van der Waals surface area (Å²) in [6.45, 7) is 1.53. The minimum atomic E-state index is -4.58. The molecule has 2 atom stereocenters. The molecule has 208 valence electrons. The van der Waals surface area contributed by atoms with Crippen LogP contribution < -0.4 is 10.6 Å². The molecular weight excluding hydrogens is 555 g/mol. The van der Waals surface area contributed by atoms with Gasteiger partial charge in [-0.1, -0.05) is 0 Å². The fourth-order valence-corrected chi connectivity index (χ4v) is 6.00. The number of alkyl halides is 5. The quantitative estimate of drug-likeness (QED) is 0.464. The number of thiazole rings is 1. The van der Waals surface area contributed by atoms with Crippen LogP contribution >= 0.6 is 11.3 Å². The molecule has 4 heterocycles. The van der Waals surface area contributed by atoms with Crippen LogP contribution in [0, 0.1) is 0 Å². The van der Waals surface area contributed by atoms with E-state index in [0.29, 0.717) is 19.6 Å². The first-order valence-electron chi connectivity index (χ1n) is 11.6. The van der Waals surface area contributed by atoms with Gasteiger partial charge in [0.05, 0.1) is 21.9 Å². The average molecular weight is 581 g/mol. The normalized spacial score (nSPS) is 19.5. The van der Waals surface area contributed by atoms with Gasteiger partial charge in [0.1, 0.15) is 18.1 Å². The molecule has 2 aliphatic heterocycles. The fraction of sp³-hybridized carbons (Fsp3) is 0.545. The third-order valence-corrected chi connectivity index (χ3v) is 8.38. The maximum absolute atomic E-state index is 14.1. The molecule has 2 amide bonds. The predicted molar refractivity (Wildman–Crippen MR) is 131 cm³/mol. The Morgan fingerprint density at radius 3 is 2.58 bits per heavy atom. The van der Waals surface area contributed by atoms with E-state index in [2.05, 4.69) is 15.3 Å².